The van der Waals surface area contributed by atoms with E-state index >= 15 is 0 Å². The van der Waals surface area contributed by atoms with Crippen molar-refractivity contribution in [3.05, 3.63) is 46.7 Å². The molecule has 7 heteroatoms. The maximum absolute atomic E-state index is 12.4. The van der Waals surface area contributed by atoms with E-state index in [1.54, 1.807) is 31.5 Å². The van der Waals surface area contributed by atoms with Gasteiger partial charge in [-0.3, -0.25) is 5.10 Å². The lowest BCUT2D eigenvalue weighted by atomic mass is 10.2. The van der Waals surface area contributed by atoms with Crippen molar-refractivity contribution in [1.82, 2.24) is 14.5 Å². The molecule has 0 aliphatic heterocycles. The van der Waals surface area contributed by atoms with Crippen molar-refractivity contribution in [1.29, 1.82) is 0 Å². The van der Waals surface area contributed by atoms with Crippen LogP contribution in [0.25, 0.3) is 0 Å². The number of hydrogen-bond donors (Lipinski definition) is 1. The van der Waals surface area contributed by atoms with Crippen LogP contribution in [0, 0.1) is 6.92 Å². The minimum atomic E-state index is -3.53. The number of aromatic nitrogens is 2. The lowest BCUT2D eigenvalue weighted by Crippen LogP contribution is -2.26. The predicted octanol–water partition coefficient (Wildman–Crippen LogP) is 2.19. The molecule has 0 saturated heterocycles. The Kier molecular flexibility index (Phi) is 3.93. The van der Waals surface area contributed by atoms with E-state index in [1.165, 1.54) is 17.4 Å². The summed E-state index contributed by atoms with van der Waals surface area (Å²) in [5.74, 6) is 0. The van der Waals surface area contributed by atoms with Gasteiger partial charge in [0.2, 0.25) is 10.0 Å². The van der Waals surface area contributed by atoms with Gasteiger partial charge in [0.15, 0.2) is 0 Å². The van der Waals surface area contributed by atoms with Crippen LogP contribution < -0.4 is 0 Å². The van der Waals surface area contributed by atoms with Crippen LogP contribution in [0.15, 0.2) is 35.5 Å². The normalized spacial score (nSPS) is 12.0. The van der Waals surface area contributed by atoms with Crippen molar-refractivity contribution in [2.75, 3.05) is 7.05 Å². The third kappa shape index (κ3) is 2.97. The molecule has 19 heavy (non-hydrogen) atoms. The fraction of sp³-hybridized carbons (Fsp3) is 0.250. The van der Waals surface area contributed by atoms with Crippen LogP contribution in [-0.4, -0.2) is 30.0 Å². The summed E-state index contributed by atoms with van der Waals surface area (Å²) in [6.45, 7) is 1.99. The van der Waals surface area contributed by atoms with Crippen molar-refractivity contribution in [2.45, 2.75) is 18.4 Å². The summed E-state index contributed by atoms with van der Waals surface area (Å²) in [4.78, 5) is 0.267. The summed E-state index contributed by atoms with van der Waals surface area (Å²) in [6, 6.07) is 4.74. The van der Waals surface area contributed by atoms with Crippen LogP contribution in [-0.2, 0) is 16.6 Å². The molecule has 0 bridgehead atoms. The third-order valence-corrected chi connectivity index (χ3v) is 4.98. The molecule has 0 fully saturated rings. The number of benzene rings is 1. The Labute approximate surface area is 117 Å². The molecule has 0 radical (unpaired) electrons. The Balaban J connectivity index is 2.31. The van der Waals surface area contributed by atoms with E-state index in [2.05, 4.69) is 10.2 Å². The molecule has 0 saturated carbocycles. The molecule has 5 nitrogen and oxygen atoms in total. The molecule has 1 N–H and O–H groups in total. The highest BCUT2D eigenvalue weighted by Crippen LogP contribution is 2.23. The van der Waals surface area contributed by atoms with Gasteiger partial charge in [-0.05, 0) is 30.7 Å². The first kappa shape index (κ1) is 14.0. The molecule has 0 aliphatic carbocycles. The average Bonchev–Trinajstić information content (AvgIpc) is 2.81. The van der Waals surface area contributed by atoms with Gasteiger partial charge >= 0.3 is 0 Å². The van der Waals surface area contributed by atoms with E-state index < -0.39 is 10.0 Å². The first-order valence-electron chi connectivity index (χ1n) is 5.61. The molecule has 2 rings (SSSR count). The fourth-order valence-electron chi connectivity index (χ4n) is 1.78. The van der Waals surface area contributed by atoms with Gasteiger partial charge in [0, 0.05) is 30.4 Å². The molecule has 2 aromatic rings. The standard InChI is InChI=1S/C12H14ClN3O2S/c1-9-5-11(13)3-4-12(9)19(17,18)16(2)8-10-6-14-15-7-10/h3-7H,8H2,1-2H3,(H,14,15). The van der Waals surface area contributed by atoms with Crippen LogP contribution in [0.1, 0.15) is 11.1 Å². The Bertz CT molecular complexity index is 668. The topological polar surface area (TPSA) is 66.1 Å². The first-order valence-corrected chi connectivity index (χ1v) is 7.43. The SMILES string of the molecule is Cc1cc(Cl)ccc1S(=O)(=O)N(C)Cc1cn[nH]c1. The number of sulfonamides is 1. The zero-order chi connectivity index (χ0) is 14.0. The van der Waals surface area contributed by atoms with E-state index in [9.17, 15) is 8.42 Å². The highest BCUT2D eigenvalue weighted by Gasteiger charge is 2.23. The summed E-state index contributed by atoms with van der Waals surface area (Å²) in [5.41, 5.74) is 1.43. The summed E-state index contributed by atoms with van der Waals surface area (Å²) in [5, 5.41) is 6.97. The van der Waals surface area contributed by atoms with Crippen molar-refractivity contribution in [3.8, 4) is 0 Å². The molecule has 1 aromatic heterocycles. The summed E-state index contributed by atoms with van der Waals surface area (Å²) in [6.07, 6.45) is 3.27. The van der Waals surface area contributed by atoms with Gasteiger partial charge in [0.25, 0.3) is 0 Å². The van der Waals surface area contributed by atoms with Gasteiger partial charge in [-0.25, -0.2) is 8.42 Å². The van der Waals surface area contributed by atoms with E-state index in [4.69, 9.17) is 11.6 Å². The number of aryl methyl sites for hydroxylation is 1. The smallest absolute Gasteiger partial charge is 0.243 e. The Morgan fingerprint density at radius 1 is 1.42 bits per heavy atom. The zero-order valence-corrected chi connectivity index (χ0v) is 12.2. The fourth-order valence-corrected chi connectivity index (χ4v) is 3.36. The number of nitrogens with one attached hydrogen (secondary N) is 1. The summed E-state index contributed by atoms with van der Waals surface area (Å²) in [7, 11) is -1.99. The van der Waals surface area contributed by atoms with E-state index in [-0.39, 0.29) is 11.4 Å². The van der Waals surface area contributed by atoms with Gasteiger partial charge in [0.05, 0.1) is 11.1 Å². The van der Waals surface area contributed by atoms with E-state index in [1.807, 2.05) is 0 Å². The van der Waals surface area contributed by atoms with Gasteiger partial charge < -0.3 is 0 Å². The number of H-pyrrole nitrogens is 1. The van der Waals surface area contributed by atoms with Gasteiger partial charge in [0.1, 0.15) is 0 Å². The molecule has 0 aliphatic rings. The maximum Gasteiger partial charge on any atom is 0.243 e. The molecular formula is C12H14ClN3O2S. The van der Waals surface area contributed by atoms with E-state index in [0.29, 0.717) is 10.6 Å². The molecule has 1 aromatic carbocycles. The van der Waals surface area contributed by atoms with Crippen molar-refractivity contribution < 1.29 is 8.42 Å². The molecule has 0 spiro atoms. The first-order chi connectivity index (χ1) is 8.91. The molecule has 0 atom stereocenters. The maximum atomic E-state index is 12.4. The van der Waals surface area contributed by atoms with Crippen molar-refractivity contribution >= 4 is 21.6 Å². The van der Waals surface area contributed by atoms with Gasteiger partial charge in [-0.1, -0.05) is 11.6 Å². The Morgan fingerprint density at radius 3 is 2.74 bits per heavy atom. The van der Waals surface area contributed by atoms with Crippen LogP contribution >= 0.6 is 11.6 Å². The lowest BCUT2D eigenvalue weighted by Gasteiger charge is -2.17. The predicted molar refractivity (Wildman–Crippen MR) is 73.4 cm³/mol. The highest BCUT2D eigenvalue weighted by atomic mass is 35.5. The molecular weight excluding hydrogens is 286 g/mol. The highest BCUT2D eigenvalue weighted by molar-refractivity contribution is 7.89. The van der Waals surface area contributed by atoms with Crippen molar-refractivity contribution in [3.63, 3.8) is 0 Å². The number of halogens is 1. The molecule has 0 unspecified atom stereocenters. The van der Waals surface area contributed by atoms with Crippen LogP contribution in [0.4, 0.5) is 0 Å². The monoisotopic (exact) mass is 299 g/mol. The minimum Gasteiger partial charge on any atom is -0.285 e. The van der Waals surface area contributed by atoms with Crippen LogP contribution in [0.2, 0.25) is 5.02 Å². The van der Waals surface area contributed by atoms with E-state index in [0.717, 1.165) is 5.56 Å². The average molecular weight is 300 g/mol. The molecule has 1 heterocycles. The van der Waals surface area contributed by atoms with Crippen LogP contribution in [0.3, 0.4) is 0 Å². The Hall–Kier alpha value is -1.37. The third-order valence-electron chi connectivity index (χ3n) is 2.79. The second-order valence-electron chi connectivity index (χ2n) is 4.28. The largest absolute Gasteiger partial charge is 0.285 e. The quantitative estimate of drug-likeness (QED) is 0.941. The van der Waals surface area contributed by atoms with Crippen LogP contribution in [0.5, 0.6) is 0 Å². The van der Waals surface area contributed by atoms with Crippen molar-refractivity contribution in [2.24, 2.45) is 0 Å². The van der Waals surface area contributed by atoms with Gasteiger partial charge in [-0.2, -0.15) is 9.40 Å². The molecule has 0 amide bonds. The summed E-state index contributed by atoms with van der Waals surface area (Å²) < 4.78 is 26.2. The minimum absolute atomic E-state index is 0.265. The Morgan fingerprint density at radius 2 is 2.16 bits per heavy atom. The number of rotatable bonds is 4. The second-order valence-corrected chi connectivity index (χ2v) is 6.73. The molecule has 102 valence electrons. The second kappa shape index (κ2) is 5.32. The number of nitrogens with zero attached hydrogens (tertiary/aromatic N) is 2. The number of hydrogen-bond acceptors (Lipinski definition) is 3. The number of aromatic amines is 1. The zero-order valence-electron chi connectivity index (χ0n) is 10.6. The van der Waals surface area contributed by atoms with Gasteiger partial charge in [-0.15, -0.1) is 0 Å². The summed E-state index contributed by atoms with van der Waals surface area (Å²) >= 11 is 5.84. The lowest BCUT2D eigenvalue weighted by molar-refractivity contribution is 0.466.